The van der Waals surface area contributed by atoms with Crippen LogP contribution in [0.5, 0.6) is 0 Å². The Kier molecular flexibility index (Phi) is 4.13. The van der Waals surface area contributed by atoms with E-state index in [1.165, 1.54) is 0 Å². The second-order valence-electron chi connectivity index (χ2n) is 4.15. The highest BCUT2D eigenvalue weighted by molar-refractivity contribution is 9.10. The molecule has 0 aliphatic heterocycles. The molecule has 0 saturated heterocycles. The summed E-state index contributed by atoms with van der Waals surface area (Å²) in [7, 11) is 0. The third kappa shape index (κ3) is 3.29. The summed E-state index contributed by atoms with van der Waals surface area (Å²) in [5, 5.41) is 0. The maximum Gasteiger partial charge on any atom is 0.416 e. The number of ketones is 1. The topological polar surface area (TPSA) is 17.1 Å². The number of benzene rings is 2. The Balaban J connectivity index is 2.42. The fourth-order valence-electron chi connectivity index (χ4n) is 1.71. The Bertz CT molecular complexity index is 668. The van der Waals surface area contributed by atoms with Crippen LogP contribution >= 0.6 is 15.9 Å². The minimum absolute atomic E-state index is 0.112. The van der Waals surface area contributed by atoms with Crippen LogP contribution in [0, 0.1) is 11.6 Å². The third-order valence-electron chi connectivity index (χ3n) is 2.71. The zero-order valence-electron chi connectivity index (χ0n) is 10.1. The molecule has 0 aliphatic rings. The van der Waals surface area contributed by atoms with Gasteiger partial charge in [-0.25, -0.2) is 8.78 Å². The van der Waals surface area contributed by atoms with E-state index in [1.54, 1.807) is 0 Å². The van der Waals surface area contributed by atoms with Gasteiger partial charge in [0.25, 0.3) is 0 Å². The molecule has 2 aromatic rings. The van der Waals surface area contributed by atoms with E-state index in [0.29, 0.717) is 12.1 Å². The molecular weight excluding hydrogens is 359 g/mol. The lowest BCUT2D eigenvalue weighted by atomic mass is 10.0. The molecule has 0 unspecified atom stereocenters. The summed E-state index contributed by atoms with van der Waals surface area (Å²) >= 11 is 2.87. The number of halogens is 6. The fraction of sp³-hybridized carbons (Fsp3) is 0.0714. The zero-order valence-corrected chi connectivity index (χ0v) is 11.7. The molecule has 0 aliphatic carbocycles. The van der Waals surface area contributed by atoms with Gasteiger partial charge in [0.05, 0.1) is 11.1 Å². The Morgan fingerprint density at radius 2 is 1.43 bits per heavy atom. The minimum atomic E-state index is -4.55. The van der Waals surface area contributed by atoms with Crippen molar-refractivity contribution in [3.63, 3.8) is 0 Å². The standard InChI is InChI=1S/C14H6BrF5O/c15-9-5-10(16)12(11(17)6-9)13(21)7-1-3-8(4-2-7)14(18,19)20/h1-6H. The molecule has 1 nitrogen and oxygen atoms in total. The Morgan fingerprint density at radius 3 is 1.86 bits per heavy atom. The average Bonchev–Trinajstić information content (AvgIpc) is 2.36. The van der Waals surface area contributed by atoms with E-state index in [4.69, 9.17) is 0 Å². The molecule has 21 heavy (non-hydrogen) atoms. The van der Waals surface area contributed by atoms with Gasteiger partial charge in [0.1, 0.15) is 11.6 Å². The molecule has 0 N–H and O–H groups in total. The molecule has 0 aromatic heterocycles. The van der Waals surface area contributed by atoms with Gasteiger partial charge in [0.2, 0.25) is 0 Å². The molecule has 0 saturated carbocycles. The van der Waals surface area contributed by atoms with Crippen molar-refractivity contribution in [2.45, 2.75) is 6.18 Å². The van der Waals surface area contributed by atoms with Crippen LogP contribution in [0.4, 0.5) is 22.0 Å². The van der Waals surface area contributed by atoms with Crippen molar-refractivity contribution < 1.29 is 26.7 Å². The molecule has 0 fully saturated rings. The van der Waals surface area contributed by atoms with Crippen molar-refractivity contribution in [1.82, 2.24) is 0 Å². The molecule has 0 radical (unpaired) electrons. The van der Waals surface area contributed by atoms with Crippen LogP contribution in [0.25, 0.3) is 0 Å². The number of carbonyl (C=O) groups is 1. The molecule has 0 amide bonds. The van der Waals surface area contributed by atoms with Crippen molar-refractivity contribution in [2.75, 3.05) is 0 Å². The molecule has 0 atom stereocenters. The summed E-state index contributed by atoms with van der Waals surface area (Å²) in [6.07, 6.45) is -4.55. The summed E-state index contributed by atoms with van der Waals surface area (Å²) < 4.78 is 64.6. The van der Waals surface area contributed by atoms with Crippen LogP contribution < -0.4 is 0 Å². The first-order chi connectivity index (χ1) is 9.70. The third-order valence-corrected chi connectivity index (χ3v) is 3.17. The van der Waals surface area contributed by atoms with Crippen LogP contribution in [0.15, 0.2) is 40.9 Å². The smallest absolute Gasteiger partial charge is 0.288 e. The Hall–Kier alpha value is -1.76. The van der Waals surface area contributed by atoms with E-state index in [-0.39, 0.29) is 10.0 Å². The van der Waals surface area contributed by atoms with Crippen LogP contribution in [0.2, 0.25) is 0 Å². The quantitative estimate of drug-likeness (QED) is 0.542. The normalized spacial score (nSPS) is 11.5. The highest BCUT2D eigenvalue weighted by Crippen LogP contribution is 2.30. The lowest BCUT2D eigenvalue weighted by molar-refractivity contribution is -0.137. The molecule has 2 aromatic carbocycles. The van der Waals surface area contributed by atoms with E-state index >= 15 is 0 Å². The van der Waals surface area contributed by atoms with Gasteiger partial charge in [-0.05, 0) is 24.3 Å². The van der Waals surface area contributed by atoms with E-state index < -0.39 is 34.7 Å². The van der Waals surface area contributed by atoms with E-state index in [2.05, 4.69) is 15.9 Å². The molecule has 0 bridgehead atoms. The molecule has 7 heteroatoms. The summed E-state index contributed by atoms with van der Waals surface area (Å²) in [6.45, 7) is 0. The largest absolute Gasteiger partial charge is 0.416 e. The molecule has 0 heterocycles. The van der Waals surface area contributed by atoms with Crippen LogP contribution in [0.3, 0.4) is 0 Å². The Morgan fingerprint density at radius 1 is 0.952 bits per heavy atom. The lowest BCUT2D eigenvalue weighted by Crippen LogP contribution is -2.09. The number of rotatable bonds is 2. The second-order valence-corrected chi connectivity index (χ2v) is 5.06. The van der Waals surface area contributed by atoms with Crippen LogP contribution in [-0.4, -0.2) is 5.78 Å². The first-order valence-corrected chi connectivity index (χ1v) is 6.36. The SMILES string of the molecule is O=C(c1ccc(C(F)(F)F)cc1)c1c(F)cc(Br)cc1F. The van der Waals surface area contributed by atoms with Crippen molar-refractivity contribution in [3.8, 4) is 0 Å². The van der Waals surface area contributed by atoms with E-state index in [1.807, 2.05) is 0 Å². The first kappa shape index (κ1) is 15.6. The maximum absolute atomic E-state index is 13.6. The highest BCUT2D eigenvalue weighted by atomic mass is 79.9. The summed E-state index contributed by atoms with van der Waals surface area (Å²) in [4.78, 5) is 12.0. The summed E-state index contributed by atoms with van der Waals surface area (Å²) in [5.41, 5.74) is -1.99. The molecule has 2 rings (SSSR count). The highest BCUT2D eigenvalue weighted by Gasteiger charge is 2.30. The fourth-order valence-corrected chi connectivity index (χ4v) is 2.12. The van der Waals surface area contributed by atoms with Crippen LogP contribution in [0.1, 0.15) is 21.5 Å². The molecule has 110 valence electrons. The van der Waals surface area contributed by atoms with E-state index in [9.17, 15) is 26.7 Å². The minimum Gasteiger partial charge on any atom is -0.288 e. The predicted octanol–water partition coefficient (Wildman–Crippen LogP) is 4.98. The first-order valence-electron chi connectivity index (χ1n) is 5.56. The van der Waals surface area contributed by atoms with E-state index in [0.717, 1.165) is 24.3 Å². The van der Waals surface area contributed by atoms with Gasteiger partial charge < -0.3 is 0 Å². The molecular formula is C14H6BrF5O. The second kappa shape index (κ2) is 5.55. The predicted molar refractivity (Wildman–Crippen MR) is 68.9 cm³/mol. The Labute approximate surface area is 124 Å². The average molecular weight is 365 g/mol. The van der Waals surface area contributed by atoms with Gasteiger partial charge in [-0.1, -0.05) is 28.1 Å². The number of carbonyl (C=O) groups excluding carboxylic acids is 1. The summed E-state index contributed by atoms with van der Waals surface area (Å²) in [5.74, 6) is -3.20. The van der Waals surface area contributed by atoms with Gasteiger partial charge in [0, 0.05) is 10.0 Å². The number of hydrogen-bond acceptors (Lipinski definition) is 1. The van der Waals surface area contributed by atoms with Gasteiger partial charge >= 0.3 is 6.18 Å². The van der Waals surface area contributed by atoms with Crippen molar-refractivity contribution >= 4 is 21.7 Å². The molecule has 0 spiro atoms. The van der Waals surface area contributed by atoms with Gasteiger partial charge in [0.15, 0.2) is 5.78 Å². The van der Waals surface area contributed by atoms with Crippen molar-refractivity contribution in [1.29, 1.82) is 0 Å². The monoisotopic (exact) mass is 364 g/mol. The van der Waals surface area contributed by atoms with Gasteiger partial charge in [-0.2, -0.15) is 13.2 Å². The number of alkyl halides is 3. The van der Waals surface area contributed by atoms with Crippen molar-refractivity contribution in [2.24, 2.45) is 0 Å². The zero-order chi connectivity index (χ0) is 15.8. The summed E-state index contributed by atoms with van der Waals surface area (Å²) in [6, 6.07) is 4.93. The maximum atomic E-state index is 13.6. The number of hydrogen-bond donors (Lipinski definition) is 0. The van der Waals surface area contributed by atoms with Crippen LogP contribution in [-0.2, 0) is 6.18 Å². The van der Waals surface area contributed by atoms with Gasteiger partial charge in [-0.15, -0.1) is 0 Å². The lowest BCUT2D eigenvalue weighted by Gasteiger charge is -2.08. The van der Waals surface area contributed by atoms with Crippen molar-refractivity contribution in [3.05, 3.63) is 69.2 Å². The van der Waals surface area contributed by atoms with Gasteiger partial charge in [-0.3, -0.25) is 4.79 Å².